The van der Waals surface area contributed by atoms with Crippen molar-refractivity contribution in [3.8, 4) is 5.75 Å². The first-order valence-electron chi connectivity index (χ1n) is 19.8. The highest BCUT2D eigenvalue weighted by Crippen LogP contribution is 2.32. The van der Waals surface area contributed by atoms with Gasteiger partial charge in [-0.25, -0.2) is 9.59 Å². The van der Waals surface area contributed by atoms with Gasteiger partial charge in [0.05, 0.1) is 0 Å². The summed E-state index contributed by atoms with van der Waals surface area (Å²) in [6, 6.07) is 20.1. The highest BCUT2D eigenvalue weighted by Gasteiger charge is 2.69. The summed E-state index contributed by atoms with van der Waals surface area (Å²) in [5, 5.41) is 39.9. The van der Waals surface area contributed by atoms with Crippen LogP contribution in [-0.2, 0) is 20.8 Å². The zero-order valence-electron chi connectivity index (χ0n) is 33.3. The molecular formula is C44H53F3N2O10. The van der Waals surface area contributed by atoms with E-state index in [2.05, 4.69) is 23.6 Å². The average Bonchev–Trinajstić information content (AvgIpc) is 3.24. The molecule has 1 amide bonds. The van der Waals surface area contributed by atoms with Crippen molar-refractivity contribution in [2.24, 2.45) is 11.8 Å². The second kappa shape index (κ2) is 20.7. The number of alkyl halides is 3. The number of nitrogens with zero attached hydrogens (tertiary/aromatic N) is 2. The average molecular weight is 827 g/mol. The molecule has 59 heavy (non-hydrogen) atoms. The van der Waals surface area contributed by atoms with Gasteiger partial charge >= 0.3 is 18.1 Å². The number of carboxylic acids is 2. The molecule has 3 aromatic carbocycles. The zero-order chi connectivity index (χ0) is 43.4. The van der Waals surface area contributed by atoms with E-state index in [9.17, 15) is 57.6 Å². The fourth-order valence-electron chi connectivity index (χ4n) is 7.68. The van der Waals surface area contributed by atoms with Gasteiger partial charge < -0.3 is 35.0 Å². The molecule has 1 aliphatic heterocycles. The molecule has 320 valence electrons. The standard InChI is InChI=1S/C26H39F3N2O2.C18H14O8/c1-3-30(20(2)17-21-9-11-24(12-10-21)33-19-26(27,28)29)18-22-13-15-31(16-14-22)25(32)23-7-5-4-6-8-23;19-13(11-7-3-1-4-8-11)17(25,15(21)22)18(26,16(23)24)14(20)12-9-5-2-6-10-12/h9-12,20,22-23H,3-8,13-19H2,1-2H3;1-10,25-26H,(H,21,22)(H,23,24). The monoisotopic (exact) mass is 826 g/mol. The molecule has 12 nitrogen and oxygen atoms in total. The third-order valence-corrected chi connectivity index (χ3v) is 11.1. The molecule has 0 aromatic heterocycles. The molecular weight excluding hydrogens is 773 g/mol. The Morgan fingerprint density at radius 2 is 1.22 bits per heavy atom. The number of Topliss-reactive ketones (excluding diaryl/α,β-unsaturated/α-hetero) is 2. The van der Waals surface area contributed by atoms with Gasteiger partial charge in [0.25, 0.3) is 11.2 Å². The van der Waals surface area contributed by atoms with Gasteiger partial charge in [-0.15, -0.1) is 0 Å². The number of hydrogen-bond donors (Lipinski definition) is 4. The van der Waals surface area contributed by atoms with Crippen molar-refractivity contribution >= 4 is 29.4 Å². The number of aliphatic hydroxyl groups is 2. The molecule has 2 fully saturated rings. The molecule has 0 radical (unpaired) electrons. The fourth-order valence-corrected chi connectivity index (χ4v) is 7.68. The Kier molecular flexibility index (Phi) is 16.4. The van der Waals surface area contributed by atoms with Crippen molar-refractivity contribution in [1.29, 1.82) is 0 Å². The molecule has 0 bridgehead atoms. The minimum Gasteiger partial charge on any atom is -0.484 e. The van der Waals surface area contributed by atoms with Gasteiger partial charge in [-0.3, -0.25) is 14.4 Å². The van der Waals surface area contributed by atoms with Crippen molar-refractivity contribution in [2.75, 3.05) is 32.8 Å². The summed E-state index contributed by atoms with van der Waals surface area (Å²) >= 11 is 0. The van der Waals surface area contributed by atoms with E-state index in [1.54, 1.807) is 12.1 Å². The maximum absolute atomic E-state index is 12.8. The van der Waals surface area contributed by atoms with Crippen molar-refractivity contribution in [3.63, 3.8) is 0 Å². The van der Waals surface area contributed by atoms with Crippen LogP contribution < -0.4 is 4.74 Å². The highest BCUT2D eigenvalue weighted by molar-refractivity contribution is 6.28. The van der Waals surface area contributed by atoms with Crippen molar-refractivity contribution < 1.29 is 62.3 Å². The third-order valence-electron chi connectivity index (χ3n) is 11.1. The molecule has 5 rings (SSSR count). The quantitative estimate of drug-likeness (QED) is 0.0971. The van der Waals surface area contributed by atoms with E-state index in [0.29, 0.717) is 17.9 Å². The predicted molar refractivity (Wildman–Crippen MR) is 211 cm³/mol. The van der Waals surface area contributed by atoms with Crippen LogP contribution in [0.15, 0.2) is 84.9 Å². The van der Waals surface area contributed by atoms with Gasteiger partial charge in [0.15, 0.2) is 6.61 Å². The maximum Gasteiger partial charge on any atom is 0.422 e. The van der Waals surface area contributed by atoms with Crippen molar-refractivity contribution in [3.05, 3.63) is 102 Å². The van der Waals surface area contributed by atoms with Gasteiger partial charge in [-0.2, -0.15) is 13.2 Å². The lowest BCUT2D eigenvalue weighted by Gasteiger charge is -2.38. The van der Waals surface area contributed by atoms with Crippen LogP contribution in [-0.4, -0.2) is 116 Å². The number of ketones is 2. The first-order valence-corrected chi connectivity index (χ1v) is 19.8. The lowest BCUT2D eigenvalue weighted by Crippen LogP contribution is -2.71. The molecule has 4 N–H and O–H groups in total. The highest BCUT2D eigenvalue weighted by atomic mass is 19.4. The Balaban J connectivity index is 0.000000268. The maximum atomic E-state index is 12.8. The van der Waals surface area contributed by atoms with E-state index in [4.69, 9.17) is 4.74 Å². The number of rotatable bonds is 16. The largest absolute Gasteiger partial charge is 0.484 e. The number of likely N-dealkylation sites (tertiary alicyclic amines) is 1. The Morgan fingerprint density at radius 1 is 0.746 bits per heavy atom. The molecule has 15 heteroatoms. The van der Waals surface area contributed by atoms with Crippen LogP contribution >= 0.6 is 0 Å². The molecule has 1 saturated heterocycles. The van der Waals surface area contributed by atoms with Gasteiger partial charge in [0.2, 0.25) is 17.5 Å². The Bertz CT molecular complexity index is 1790. The molecule has 1 heterocycles. The first kappa shape index (κ1) is 46.6. The van der Waals surface area contributed by atoms with E-state index in [0.717, 1.165) is 88.1 Å². The van der Waals surface area contributed by atoms with E-state index < -0.39 is 58.6 Å². The fraction of sp³-hybridized carbons (Fsp3) is 0.477. The number of ether oxygens (including phenoxy) is 1. The number of carbonyl (C=O) groups excluding carboxylic acids is 3. The predicted octanol–water partition coefficient (Wildman–Crippen LogP) is 6.08. The second-order valence-corrected chi connectivity index (χ2v) is 15.2. The summed E-state index contributed by atoms with van der Waals surface area (Å²) in [4.78, 5) is 65.9. The number of carbonyl (C=O) groups is 5. The smallest absolute Gasteiger partial charge is 0.422 e. The molecule has 1 saturated carbocycles. The van der Waals surface area contributed by atoms with E-state index >= 15 is 0 Å². The molecule has 3 atom stereocenters. The van der Waals surface area contributed by atoms with E-state index in [1.807, 2.05) is 12.1 Å². The number of amides is 1. The summed E-state index contributed by atoms with van der Waals surface area (Å²) in [7, 11) is 0. The normalized spacial score (nSPS) is 17.7. The minimum absolute atomic E-state index is 0.241. The summed E-state index contributed by atoms with van der Waals surface area (Å²) in [5.41, 5.74) is -7.59. The van der Waals surface area contributed by atoms with Crippen LogP contribution in [0.3, 0.4) is 0 Å². The van der Waals surface area contributed by atoms with E-state index in [1.165, 1.54) is 55.7 Å². The lowest BCUT2D eigenvalue weighted by atomic mass is 9.73. The molecule has 3 unspecified atom stereocenters. The van der Waals surface area contributed by atoms with Gasteiger partial charge in [-0.1, -0.05) is 99.0 Å². The van der Waals surface area contributed by atoms with Crippen LogP contribution in [0.5, 0.6) is 5.75 Å². The van der Waals surface area contributed by atoms with Crippen LogP contribution in [0, 0.1) is 11.8 Å². The lowest BCUT2D eigenvalue weighted by molar-refractivity contribution is -0.187. The summed E-state index contributed by atoms with van der Waals surface area (Å²) in [6.45, 7) is 6.85. The van der Waals surface area contributed by atoms with Crippen LogP contribution in [0.1, 0.15) is 85.1 Å². The van der Waals surface area contributed by atoms with Crippen molar-refractivity contribution in [1.82, 2.24) is 9.80 Å². The summed E-state index contributed by atoms with van der Waals surface area (Å²) in [6.07, 6.45) is 4.43. The van der Waals surface area contributed by atoms with E-state index in [-0.39, 0.29) is 11.7 Å². The number of piperidine rings is 1. The van der Waals surface area contributed by atoms with Gasteiger partial charge in [0.1, 0.15) is 5.75 Å². The molecule has 0 spiro atoms. The van der Waals surface area contributed by atoms with Gasteiger partial charge in [-0.05, 0) is 69.2 Å². The van der Waals surface area contributed by atoms with Crippen LogP contribution in [0.4, 0.5) is 13.2 Å². The zero-order valence-corrected chi connectivity index (χ0v) is 33.3. The third kappa shape index (κ3) is 11.8. The number of hydrogen-bond acceptors (Lipinski definition) is 9. The van der Waals surface area contributed by atoms with Crippen LogP contribution in [0.2, 0.25) is 0 Å². The molecule has 1 aliphatic carbocycles. The second-order valence-electron chi connectivity index (χ2n) is 15.2. The number of aliphatic carboxylic acids is 2. The molecule has 3 aromatic rings. The van der Waals surface area contributed by atoms with Gasteiger partial charge in [0, 0.05) is 42.7 Å². The summed E-state index contributed by atoms with van der Waals surface area (Å²) < 4.78 is 41.7. The number of benzene rings is 3. The first-order chi connectivity index (χ1) is 27.9. The number of carboxylic acid groups (broad SMARTS) is 2. The number of likely N-dealkylation sites (N-methyl/N-ethyl adjacent to an activating group) is 1. The SMILES string of the molecule is CCN(CC1CCN(C(=O)C2CCCCC2)CC1)C(C)Cc1ccc(OCC(F)(F)F)cc1.O=C(O)C(O)(C(=O)c1ccccc1)C(O)(C(=O)O)C(=O)c1ccccc1. The number of halogens is 3. The topological polar surface area (TPSA) is 182 Å². The Morgan fingerprint density at radius 3 is 1.64 bits per heavy atom. The summed E-state index contributed by atoms with van der Waals surface area (Å²) in [5.74, 6) is -6.54. The Hall–Kier alpha value is -5.12. The van der Waals surface area contributed by atoms with Crippen LogP contribution in [0.25, 0.3) is 0 Å². The molecule has 2 aliphatic rings. The Labute approximate surface area is 341 Å². The minimum atomic E-state index is -4.33. The van der Waals surface area contributed by atoms with Crippen molar-refractivity contribution in [2.45, 2.75) is 88.6 Å².